The molecule has 0 aromatic carbocycles. The Morgan fingerprint density at radius 2 is 2.21 bits per heavy atom. The monoisotopic (exact) mass is 283 g/mol. The molecule has 19 heavy (non-hydrogen) atoms. The number of nitrogens with one attached hydrogen (secondary N) is 1. The van der Waals surface area contributed by atoms with Gasteiger partial charge in [0.1, 0.15) is 4.88 Å². The topological polar surface area (TPSA) is 75.6 Å². The van der Waals surface area contributed by atoms with E-state index in [0.29, 0.717) is 17.0 Å². The molecule has 1 fully saturated rings. The third-order valence-corrected chi connectivity index (χ3v) is 4.70. The van der Waals surface area contributed by atoms with Crippen LogP contribution in [0.4, 0.5) is 5.00 Å². The molecule has 1 heterocycles. The lowest BCUT2D eigenvalue weighted by molar-refractivity contribution is -0.129. The summed E-state index contributed by atoms with van der Waals surface area (Å²) in [5.41, 5.74) is 0.351. The number of ether oxygens (including phenoxy) is 1. The summed E-state index contributed by atoms with van der Waals surface area (Å²) in [5, 5.41) is 12.3. The number of anilines is 1. The van der Waals surface area contributed by atoms with Crippen molar-refractivity contribution in [2.45, 2.75) is 38.2 Å². The molecular weight excluding hydrogens is 266 g/mol. The summed E-state index contributed by atoms with van der Waals surface area (Å²) in [5.74, 6) is -1.09. The Bertz CT molecular complexity index is 499. The second kappa shape index (κ2) is 5.30. The number of amides is 1. The minimum Gasteiger partial charge on any atom is -0.477 e. The van der Waals surface area contributed by atoms with E-state index in [1.54, 1.807) is 20.1 Å². The third kappa shape index (κ3) is 2.96. The maximum Gasteiger partial charge on any atom is 0.346 e. The Morgan fingerprint density at radius 3 is 2.63 bits per heavy atom. The molecule has 0 spiro atoms. The van der Waals surface area contributed by atoms with Crippen LogP contribution >= 0.6 is 11.3 Å². The molecule has 2 N–H and O–H groups in total. The predicted octanol–water partition coefficient (Wildman–Crippen LogP) is 2.65. The van der Waals surface area contributed by atoms with Crippen LogP contribution in [0.15, 0.2) is 6.07 Å². The molecule has 1 aliphatic carbocycles. The average molecular weight is 283 g/mol. The van der Waals surface area contributed by atoms with Gasteiger partial charge in [0.2, 0.25) is 5.91 Å². The number of carbonyl (C=O) groups excluding carboxylic acids is 1. The zero-order chi connectivity index (χ0) is 14.0. The van der Waals surface area contributed by atoms with Crippen molar-refractivity contribution in [3.05, 3.63) is 16.5 Å². The van der Waals surface area contributed by atoms with E-state index >= 15 is 0 Å². The second-order valence-corrected chi connectivity index (χ2v) is 5.95. The zero-order valence-electron chi connectivity index (χ0n) is 11.0. The number of hydrogen-bond donors (Lipinski definition) is 2. The number of carboxylic acids is 1. The summed E-state index contributed by atoms with van der Waals surface area (Å²) in [6, 6.07) is 1.69. The Hall–Kier alpha value is -1.40. The number of aromatic carboxylic acids is 1. The van der Waals surface area contributed by atoms with E-state index in [2.05, 4.69) is 5.32 Å². The SMILES string of the molecule is COC1(CC(=O)Nc2cc(C)c(C(=O)O)s2)CCC1. The van der Waals surface area contributed by atoms with Gasteiger partial charge in [0.25, 0.3) is 0 Å². The van der Waals surface area contributed by atoms with E-state index in [-0.39, 0.29) is 16.4 Å². The van der Waals surface area contributed by atoms with Crippen LogP contribution < -0.4 is 5.32 Å². The normalized spacial score (nSPS) is 16.7. The number of aryl methyl sites for hydroxylation is 1. The van der Waals surface area contributed by atoms with Gasteiger partial charge in [0, 0.05) is 7.11 Å². The van der Waals surface area contributed by atoms with Crippen molar-refractivity contribution in [1.29, 1.82) is 0 Å². The highest BCUT2D eigenvalue weighted by Crippen LogP contribution is 2.38. The van der Waals surface area contributed by atoms with Crippen molar-refractivity contribution in [3.8, 4) is 0 Å². The first-order valence-electron chi connectivity index (χ1n) is 6.14. The fourth-order valence-electron chi connectivity index (χ4n) is 2.25. The number of methoxy groups -OCH3 is 1. The fourth-order valence-corrected chi connectivity index (χ4v) is 3.18. The summed E-state index contributed by atoms with van der Waals surface area (Å²) in [6.45, 7) is 1.72. The predicted molar refractivity (Wildman–Crippen MR) is 72.9 cm³/mol. The first-order chi connectivity index (χ1) is 8.96. The highest BCUT2D eigenvalue weighted by molar-refractivity contribution is 7.18. The number of carboxylic acid groups (broad SMARTS) is 1. The molecule has 0 aliphatic heterocycles. The molecule has 0 radical (unpaired) electrons. The highest BCUT2D eigenvalue weighted by atomic mass is 32.1. The van der Waals surface area contributed by atoms with E-state index < -0.39 is 5.97 Å². The van der Waals surface area contributed by atoms with Crippen LogP contribution in [0.1, 0.15) is 40.9 Å². The maximum absolute atomic E-state index is 11.9. The van der Waals surface area contributed by atoms with Crippen LogP contribution in [0.2, 0.25) is 0 Å². The number of hydrogen-bond acceptors (Lipinski definition) is 4. The Labute approximate surface area is 115 Å². The lowest BCUT2D eigenvalue weighted by atomic mass is 9.77. The van der Waals surface area contributed by atoms with Crippen LogP contribution in [0, 0.1) is 6.92 Å². The smallest absolute Gasteiger partial charge is 0.346 e. The van der Waals surface area contributed by atoms with Gasteiger partial charge in [-0.2, -0.15) is 0 Å². The lowest BCUT2D eigenvalue weighted by Gasteiger charge is -2.39. The molecule has 1 aliphatic rings. The Balaban J connectivity index is 1.99. The molecule has 1 aromatic heterocycles. The van der Waals surface area contributed by atoms with Crippen molar-refractivity contribution in [3.63, 3.8) is 0 Å². The molecule has 0 bridgehead atoms. The van der Waals surface area contributed by atoms with Crippen molar-refractivity contribution in [1.82, 2.24) is 0 Å². The zero-order valence-corrected chi connectivity index (χ0v) is 11.8. The van der Waals surface area contributed by atoms with E-state index in [1.807, 2.05) is 0 Å². The molecule has 1 aromatic rings. The van der Waals surface area contributed by atoms with Crippen LogP contribution in [0.25, 0.3) is 0 Å². The maximum atomic E-state index is 11.9. The van der Waals surface area contributed by atoms with Crippen molar-refractivity contribution in [2.24, 2.45) is 0 Å². The molecule has 104 valence electrons. The van der Waals surface area contributed by atoms with Crippen molar-refractivity contribution in [2.75, 3.05) is 12.4 Å². The van der Waals surface area contributed by atoms with Gasteiger partial charge in [-0.25, -0.2) is 4.79 Å². The van der Waals surface area contributed by atoms with Gasteiger partial charge in [0.05, 0.1) is 17.0 Å². The second-order valence-electron chi connectivity index (χ2n) is 4.89. The minimum atomic E-state index is -0.963. The molecule has 1 amide bonds. The summed E-state index contributed by atoms with van der Waals surface area (Å²) in [7, 11) is 1.63. The number of carbonyl (C=O) groups is 2. The molecule has 1 saturated carbocycles. The van der Waals surface area contributed by atoms with Gasteiger partial charge < -0.3 is 15.2 Å². The van der Waals surface area contributed by atoms with Gasteiger partial charge in [-0.15, -0.1) is 11.3 Å². The van der Waals surface area contributed by atoms with Gasteiger partial charge >= 0.3 is 5.97 Å². The van der Waals surface area contributed by atoms with Gasteiger partial charge in [0.15, 0.2) is 0 Å². The molecule has 0 unspecified atom stereocenters. The van der Waals surface area contributed by atoms with Gasteiger partial charge in [-0.05, 0) is 37.8 Å². The molecule has 2 rings (SSSR count). The minimum absolute atomic E-state index is 0.125. The molecule has 0 atom stereocenters. The van der Waals surface area contributed by atoms with Crippen LogP contribution in [0.3, 0.4) is 0 Å². The Kier molecular flexibility index (Phi) is 3.91. The highest BCUT2D eigenvalue weighted by Gasteiger charge is 2.39. The first kappa shape index (κ1) is 14.0. The standard InChI is InChI=1S/C13H17NO4S/c1-8-6-10(19-11(8)12(16)17)14-9(15)7-13(18-2)4-3-5-13/h6H,3-5,7H2,1-2H3,(H,14,15)(H,16,17). The van der Waals surface area contributed by atoms with Crippen molar-refractivity contribution < 1.29 is 19.4 Å². The summed E-state index contributed by atoms with van der Waals surface area (Å²) < 4.78 is 5.40. The summed E-state index contributed by atoms with van der Waals surface area (Å²) >= 11 is 1.08. The molecule has 6 heteroatoms. The van der Waals surface area contributed by atoms with Crippen LogP contribution in [0.5, 0.6) is 0 Å². The molecule has 0 saturated heterocycles. The summed E-state index contributed by atoms with van der Waals surface area (Å²) in [6.07, 6.45) is 3.22. The van der Waals surface area contributed by atoms with Crippen LogP contribution in [-0.2, 0) is 9.53 Å². The number of rotatable bonds is 5. The largest absolute Gasteiger partial charge is 0.477 e. The van der Waals surface area contributed by atoms with E-state index in [9.17, 15) is 9.59 Å². The fraction of sp³-hybridized carbons (Fsp3) is 0.538. The quantitative estimate of drug-likeness (QED) is 0.871. The van der Waals surface area contributed by atoms with E-state index in [4.69, 9.17) is 9.84 Å². The van der Waals surface area contributed by atoms with Gasteiger partial charge in [-0.1, -0.05) is 0 Å². The number of thiophene rings is 1. The first-order valence-corrected chi connectivity index (χ1v) is 6.96. The summed E-state index contributed by atoms with van der Waals surface area (Å²) in [4.78, 5) is 23.1. The molecular formula is C13H17NO4S. The van der Waals surface area contributed by atoms with E-state index in [0.717, 1.165) is 30.6 Å². The lowest BCUT2D eigenvalue weighted by Crippen LogP contribution is -2.42. The molecule has 5 nitrogen and oxygen atoms in total. The van der Waals surface area contributed by atoms with Gasteiger partial charge in [-0.3, -0.25) is 4.79 Å². The van der Waals surface area contributed by atoms with Crippen LogP contribution in [-0.4, -0.2) is 29.7 Å². The van der Waals surface area contributed by atoms with E-state index in [1.165, 1.54) is 0 Å². The van der Waals surface area contributed by atoms with Crippen molar-refractivity contribution >= 4 is 28.2 Å². The third-order valence-electron chi connectivity index (χ3n) is 3.56. The average Bonchev–Trinajstić information content (AvgIpc) is 2.65. The Morgan fingerprint density at radius 1 is 1.53 bits per heavy atom.